The van der Waals surface area contributed by atoms with Crippen molar-refractivity contribution in [2.24, 2.45) is 17.8 Å². The van der Waals surface area contributed by atoms with Gasteiger partial charge in [-0.25, -0.2) is 0 Å². The number of carbonyl (C=O) groups is 1. The summed E-state index contributed by atoms with van der Waals surface area (Å²) in [5, 5.41) is 12.5. The maximum Gasteiger partial charge on any atom is 0.306 e. The molecule has 2 heterocycles. The fourth-order valence-corrected chi connectivity index (χ4v) is 3.91. The Morgan fingerprint density at radius 2 is 2.00 bits per heavy atom. The minimum absolute atomic E-state index is 0.0826. The standard InChI is InChI=1S/C14H24N2O2/c17-14(18)10-3-4-13(6-10)16-5-1-2-11(9-16)12-7-15-8-12/h10-13,15H,1-9H2,(H,17,18)/t10?,11-,13?/m0/s1. The molecule has 3 aliphatic rings. The molecule has 3 rings (SSSR count). The number of nitrogens with one attached hydrogen (secondary N) is 1. The number of rotatable bonds is 3. The molecule has 3 fully saturated rings. The minimum atomic E-state index is -0.589. The summed E-state index contributed by atoms with van der Waals surface area (Å²) in [6.45, 7) is 4.79. The van der Waals surface area contributed by atoms with Gasteiger partial charge < -0.3 is 15.3 Å². The van der Waals surface area contributed by atoms with Crippen molar-refractivity contribution in [2.75, 3.05) is 26.2 Å². The van der Waals surface area contributed by atoms with Gasteiger partial charge in [-0.1, -0.05) is 0 Å². The van der Waals surface area contributed by atoms with Crippen LogP contribution in [0.15, 0.2) is 0 Å². The van der Waals surface area contributed by atoms with Gasteiger partial charge in [0.05, 0.1) is 5.92 Å². The van der Waals surface area contributed by atoms with Crippen LogP contribution in [0, 0.1) is 17.8 Å². The molecular weight excluding hydrogens is 228 g/mol. The molecule has 0 aromatic rings. The molecule has 2 aliphatic heterocycles. The van der Waals surface area contributed by atoms with Crippen molar-refractivity contribution in [3.05, 3.63) is 0 Å². The highest BCUT2D eigenvalue weighted by molar-refractivity contribution is 5.70. The average molecular weight is 252 g/mol. The molecule has 0 aromatic heterocycles. The Kier molecular flexibility index (Phi) is 3.57. The smallest absolute Gasteiger partial charge is 0.306 e. The first-order valence-electron chi connectivity index (χ1n) is 7.41. The van der Waals surface area contributed by atoms with Crippen LogP contribution in [0.1, 0.15) is 32.1 Å². The van der Waals surface area contributed by atoms with Gasteiger partial charge >= 0.3 is 5.97 Å². The van der Waals surface area contributed by atoms with E-state index in [2.05, 4.69) is 10.2 Å². The van der Waals surface area contributed by atoms with Crippen molar-refractivity contribution in [3.63, 3.8) is 0 Å². The molecule has 1 aliphatic carbocycles. The predicted molar refractivity (Wildman–Crippen MR) is 69.4 cm³/mol. The number of carboxylic acids is 1. The van der Waals surface area contributed by atoms with E-state index in [1.54, 1.807) is 0 Å². The van der Waals surface area contributed by atoms with Crippen molar-refractivity contribution in [1.82, 2.24) is 10.2 Å². The third-order valence-electron chi connectivity index (χ3n) is 5.24. The van der Waals surface area contributed by atoms with Gasteiger partial charge in [0.25, 0.3) is 0 Å². The van der Waals surface area contributed by atoms with Gasteiger partial charge in [0.1, 0.15) is 0 Å². The Morgan fingerprint density at radius 1 is 1.17 bits per heavy atom. The van der Waals surface area contributed by atoms with Crippen LogP contribution in [-0.2, 0) is 4.79 Å². The molecule has 1 saturated carbocycles. The van der Waals surface area contributed by atoms with E-state index in [4.69, 9.17) is 5.11 Å². The minimum Gasteiger partial charge on any atom is -0.481 e. The second-order valence-corrected chi connectivity index (χ2v) is 6.32. The molecule has 4 heteroatoms. The Morgan fingerprint density at radius 3 is 2.61 bits per heavy atom. The summed E-state index contributed by atoms with van der Waals surface area (Å²) in [5.41, 5.74) is 0. The zero-order valence-corrected chi connectivity index (χ0v) is 11.0. The lowest BCUT2D eigenvalue weighted by Gasteiger charge is -2.43. The number of likely N-dealkylation sites (tertiary alicyclic amines) is 1. The zero-order chi connectivity index (χ0) is 12.5. The predicted octanol–water partition coefficient (Wildman–Crippen LogP) is 1.17. The first-order chi connectivity index (χ1) is 8.74. The maximum atomic E-state index is 11.0. The van der Waals surface area contributed by atoms with Gasteiger partial charge in [-0.3, -0.25) is 4.79 Å². The van der Waals surface area contributed by atoms with Crippen LogP contribution < -0.4 is 5.32 Å². The van der Waals surface area contributed by atoms with E-state index in [0.29, 0.717) is 6.04 Å². The SMILES string of the molecule is O=C(O)C1CCC(N2CCC[C@H](C3CNC3)C2)C1. The largest absolute Gasteiger partial charge is 0.481 e. The fourth-order valence-electron chi connectivity index (χ4n) is 3.91. The molecule has 0 spiro atoms. The highest BCUT2D eigenvalue weighted by Crippen LogP contribution is 2.34. The van der Waals surface area contributed by atoms with Gasteiger partial charge in [0.15, 0.2) is 0 Å². The van der Waals surface area contributed by atoms with Crippen molar-refractivity contribution in [2.45, 2.75) is 38.1 Å². The van der Waals surface area contributed by atoms with Crippen LogP contribution in [0.3, 0.4) is 0 Å². The number of hydrogen-bond acceptors (Lipinski definition) is 3. The molecule has 0 aromatic carbocycles. The molecule has 0 radical (unpaired) electrons. The molecule has 2 saturated heterocycles. The molecule has 3 atom stereocenters. The highest BCUT2D eigenvalue weighted by Gasteiger charge is 2.37. The van der Waals surface area contributed by atoms with Crippen LogP contribution >= 0.6 is 0 Å². The van der Waals surface area contributed by atoms with Gasteiger partial charge in [-0.2, -0.15) is 0 Å². The second-order valence-electron chi connectivity index (χ2n) is 6.32. The summed E-state index contributed by atoms with van der Waals surface area (Å²) in [6.07, 6.45) is 5.52. The summed E-state index contributed by atoms with van der Waals surface area (Å²) >= 11 is 0. The van der Waals surface area contributed by atoms with Crippen molar-refractivity contribution >= 4 is 5.97 Å². The second kappa shape index (κ2) is 5.17. The molecule has 2 N–H and O–H groups in total. The number of hydrogen-bond donors (Lipinski definition) is 2. The fraction of sp³-hybridized carbons (Fsp3) is 0.929. The Balaban J connectivity index is 1.54. The first kappa shape index (κ1) is 12.4. The maximum absolute atomic E-state index is 11.0. The van der Waals surface area contributed by atoms with Gasteiger partial charge in [-0.15, -0.1) is 0 Å². The Bertz CT molecular complexity index is 317. The van der Waals surface area contributed by atoms with Crippen LogP contribution in [0.4, 0.5) is 0 Å². The molecule has 2 unspecified atom stereocenters. The third-order valence-corrected chi connectivity index (χ3v) is 5.24. The number of nitrogens with zero attached hydrogens (tertiary/aromatic N) is 1. The van der Waals surface area contributed by atoms with Gasteiger partial charge in [0.2, 0.25) is 0 Å². The van der Waals surface area contributed by atoms with Crippen molar-refractivity contribution in [1.29, 1.82) is 0 Å². The highest BCUT2D eigenvalue weighted by atomic mass is 16.4. The van der Waals surface area contributed by atoms with E-state index >= 15 is 0 Å². The van der Waals surface area contributed by atoms with E-state index in [1.165, 1.54) is 39.0 Å². The summed E-state index contributed by atoms with van der Waals surface area (Å²) in [4.78, 5) is 13.6. The van der Waals surface area contributed by atoms with Crippen LogP contribution in [0.5, 0.6) is 0 Å². The Labute approximate surface area is 109 Å². The molecule has 4 nitrogen and oxygen atoms in total. The van der Waals surface area contributed by atoms with Crippen molar-refractivity contribution in [3.8, 4) is 0 Å². The van der Waals surface area contributed by atoms with Crippen LogP contribution in [0.25, 0.3) is 0 Å². The summed E-state index contributed by atoms with van der Waals surface area (Å²) < 4.78 is 0. The topological polar surface area (TPSA) is 52.6 Å². The quantitative estimate of drug-likeness (QED) is 0.792. The first-order valence-corrected chi connectivity index (χ1v) is 7.41. The van der Waals surface area contributed by atoms with Crippen LogP contribution in [0.2, 0.25) is 0 Å². The van der Waals surface area contributed by atoms with E-state index in [0.717, 1.165) is 31.1 Å². The third kappa shape index (κ3) is 2.41. The lowest BCUT2D eigenvalue weighted by molar-refractivity contribution is -0.141. The number of piperidine rings is 1. The van der Waals surface area contributed by atoms with E-state index in [9.17, 15) is 4.79 Å². The lowest BCUT2D eigenvalue weighted by atomic mass is 9.81. The van der Waals surface area contributed by atoms with Crippen LogP contribution in [-0.4, -0.2) is 48.2 Å². The van der Waals surface area contributed by atoms with E-state index in [1.807, 2.05) is 0 Å². The molecule has 0 bridgehead atoms. The summed E-state index contributed by atoms with van der Waals surface area (Å²) in [6, 6.07) is 0.543. The normalized spacial score (nSPS) is 38.6. The summed E-state index contributed by atoms with van der Waals surface area (Å²) in [5.74, 6) is 1.06. The lowest BCUT2D eigenvalue weighted by Crippen LogP contribution is -2.52. The van der Waals surface area contributed by atoms with E-state index < -0.39 is 5.97 Å². The molecule has 102 valence electrons. The van der Waals surface area contributed by atoms with Gasteiger partial charge in [0, 0.05) is 12.6 Å². The number of aliphatic carboxylic acids is 1. The molecule has 0 amide bonds. The van der Waals surface area contributed by atoms with Crippen molar-refractivity contribution < 1.29 is 9.90 Å². The Hall–Kier alpha value is -0.610. The zero-order valence-electron chi connectivity index (χ0n) is 11.0. The molecule has 18 heavy (non-hydrogen) atoms. The van der Waals surface area contributed by atoms with E-state index in [-0.39, 0.29) is 5.92 Å². The number of carboxylic acid groups (broad SMARTS) is 1. The molecular formula is C14H24N2O2. The monoisotopic (exact) mass is 252 g/mol. The van der Waals surface area contributed by atoms with Gasteiger partial charge in [-0.05, 0) is 63.6 Å². The average Bonchev–Trinajstić information content (AvgIpc) is 2.76. The summed E-state index contributed by atoms with van der Waals surface area (Å²) in [7, 11) is 0.